The van der Waals surface area contributed by atoms with Crippen LogP contribution in [0.1, 0.15) is 39.8 Å². The third-order valence-corrected chi connectivity index (χ3v) is 3.50. The molecule has 0 aliphatic heterocycles. The Morgan fingerprint density at radius 3 is 2.28 bits per heavy atom. The molecule has 0 aliphatic carbocycles. The number of halogens is 1. The van der Waals surface area contributed by atoms with E-state index in [-0.39, 0.29) is 11.9 Å². The Balaban J connectivity index is 2.51. The van der Waals surface area contributed by atoms with Crippen LogP contribution in [-0.4, -0.2) is 0 Å². The Kier molecular flexibility index (Phi) is 3.26. The number of hydrogen-bond donors (Lipinski definition) is 1. The van der Waals surface area contributed by atoms with Gasteiger partial charge in [0, 0.05) is 5.56 Å². The molecule has 1 aromatic carbocycles. The first-order chi connectivity index (χ1) is 8.41. The van der Waals surface area contributed by atoms with Crippen molar-refractivity contribution in [2.24, 2.45) is 5.73 Å². The summed E-state index contributed by atoms with van der Waals surface area (Å²) in [5.74, 6) is 1.49. The fraction of sp³-hybridized carbons (Fsp3) is 0.333. The average Bonchev–Trinajstić information content (AvgIpc) is 2.52. The summed E-state index contributed by atoms with van der Waals surface area (Å²) < 4.78 is 18.7. The van der Waals surface area contributed by atoms with Gasteiger partial charge in [-0.15, -0.1) is 0 Å². The molecule has 1 atom stereocenters. The Morgan fingerprint density at radius 1 is 1.11 bits per heavy atom. The SMILES string of the molecule is Cc1cc(F)ccc1C(N)c1c(C)oc(C)c1C. The molecule has 2 N–H and O–H groups in total. The number of nitrogens with two attached hydrogens (primary N) is 1. The maximum Gasteiger partial charge on any atom is 0.123 e. The van der Waals surface area contributed by atoms with Gasteiger partial charge in [-0.2, -0.15) is 0 Å². The third kappa shape index (κ3) is 2.06. The van der Waals surface area contributed by atoms with Crippen molar-refractivity contribution in [3.8, 4) is 0 Å². The van der Waals surface area contributed by atoms with Crippen LogP contribution in [-0.2, 0) is 0 Å². The summed E-state index contributed by atoms with van der Waals surface area (Å²) in [6, 6.07) is 4.42. The van der Waals surface area contributed by atoms with E-state index < -0.39 is 0 Å². The quantitative estimate of drug-likeness (QED) is 0.878. The zero-order chi connectivity index (χ0) is 13.4. The molecule has 0 bridgehead atoms. The van der Waals surface area contributed by atoms with E-state index in [4.69, 9.17) is 10.2 Å². The molecule has 1 heterocycles. The fourth-order valence-electron chi connectivity index (χ4n) is 2.41. The molecule has 96 valence electrons. The van der Waals surface area contributed by atoms with Crippen molar-refractivity contribution >= 4 is 0 Å². The molecule has 2 nitrogen and oxygen atoms in total. The van der Waals surface area contributed by atoms with Gasteiger partial charge >= 0.3 is 0 Å². The average molecular weight is 247 g/mol. The van der Waals surface area contributed by atoms with Gasteiger partial charge in [0.05, 0.1) is 6.04 Å². The topological polar surface area (TPSA) is 39.2 Å². The van der Waals surface area contributed by atoms with Crippen LogP contribution in [0.2, 0.25) is 0 Å². The summed E-state index contributed by atoms with van der Waals surface area (Å²) in [7, 11) is 0. The lowest BCUT2D eigenvalue weighted by molar-refractivity contribution is 0.498. The summed E-state index contributed by atoms with van der Waals surface area (Å²) in [6.07, 6.45) is 0. The zero-order valence-corrected chi connectivity index (χ0v) is 11.2. The molecule has 18 heavy (non-hydrogen) atoms. The number of rotatable bonds is 2. The molecule has 0 saturated heterocycles. The maximum atomic E-state index is 13.1. The third-order valence-electron chi connectivity index (χ3n) is 3.50. The Morgan fingerprint density at radius 2 is 1.78 bits per heavy atom. The van der Waals surface area contributed by atoms with Crippen molar-refractivity contribution in [2.45, 2.75) is 33.7 Å². The van der Waals surface area contributed by atoms with Gasteiger partial charge in [-0.05, 0) is 56.5 Å². The molecule has 0 amide bonds. The molecule has 2 aromatic rings. The normalized spacial score (nSPS) is 12.8. The van der Waals surface area contributed by atoms with E-state index in [1.807, 2.05) is 27.7 Å². The molecule has 2 rings (SSSR count). The molecule has 3 heteroatoms. The van der Waals surface area contributed by atoms with Crippen molar-refractivity contribution in [3.05, 3.63) is 57.8 Å². The van der Waals surface area contributed by atoms with Gasteiger partial charge in [0.2, 0.25) is 0 Å². The second kappa shape index (κ2) is 4.58. The predicted octanol–water partition coefficient (Wildman–Crippen LogP) is 3.70. The lowest BCUT2D eigenvalue weighted by Crippen LogP contribution is -2.15. The van der Waals surface area contributed by atoms with E-state index >= 15 is 0 Å². The van der Waals surface area contributed by atoms with Crippen molar-refractivity contribution < 1.29 is 8.81 Å². The lowest BCUT2D eigenvalue weighted by Gasteiger charge is -2.15. The summed E-state index contributed by atoms with van der Waals surface area (Å²) in [6.45, 7) is 7.71. The van der Waals surface area contributed by atoms with Crippen LogP contribution < -0.4 is 5.73 Å². The van der Waals surface area contributed by atoms with Crippen molar-refractivity contribution in [1.82, 2.24) is 0 Å². The van der Waals surface area contributed by atoms with E-state index in [1.54, 1.807) is 6.07 Å². The first kappa shape index (κ1) is 12.8. The molecular weight excluding hydrogens is 229 g/mol. The van der Waals surface area contributed by atoms with E-state index in [2.05, 4.69) is 0 Å². The van der Waals surface area contributed by atoms with Gasteiger partial charge in [-0.1, -0.05) is 6.07 Å². The summed E-state index contributed by atoms with van der Waals surface area (Å²) in [4.78, 5) is 0. The molecule has 0 aliphatic rings. The van der Waals surface area contributed by atoms with Gasteiger partial charge in [0.1, 0.15) is 17.3 Å². The van der Waals surface area contributed by atoms with E-state index in [9.17, 15) is 4.39 Å². The Bertz CT molecular complexity index is 586. The molecule has 0 fully saturated rings. The van der Waals surface area contributed by atoms with Crippen LogP contribution in [0, 0.1) is 33.5 Å². The number of furan rings is 1. The minimum absolute atomic E-state index is 0.236. The van der Waals surface area contributed by atoms with Crippen molar-refractivity contribution in [2.75, 3.05) is 0 Å². The van der Waals surface area contributed by atoms with Gasteiger partial charge in [0.25, 0.3) is 0 Å². The Labute approximate surface area is 107 Å². The monoisotopic (exact) mass is 247 g/mol. The molecule has 0 saturated carbocycles. The van der Waals surface area contributed by atoms with Gasteiger partial charge in [0.15, 0.2) is 0 Å². The molecular formula is C15H18FNO. The van der Waals surface area contributed by atoms with Crippen LogP contribution in [0.4, 0.5) is 4.39 Å². The number of benzene rings is 1. The van der Waals surface area contributed by atoms with Crippen LogP contribution in [0.15, 0.2) is 22.6 Å². The molecule has 0 radical (unpaired) electrons. The van der Waals surface area contributed by atoms with Crippen molar-refractivity contribution in [1.29, 1.82) is 0 Å². The Hall–Kier alpha value is -1.61. The van der Waals surface area contributed by atoms with Crippen LogP contribution in [0.5, 0.6) is 0 Å². The van der Waals surface area contributed by atoms with E-state index in [1.165, 1.54) is 12.1 Å². The first-order valence-electron chi connectivity index (χ1n) is 6.00. The predicted molar refractivity (Wildman–Crippen MR) is 70.1 cm³/mol. The minimum Gasteiger partial charge on any atom is -0.466 e. The summed E-state index contributed by atoms with van der Waals surface area (Å²) >= 11 is 0. The number of hydrogen-bond acceptors (Lipinski definition) is 2. The lowest BCUT2D eigenvalue weighted by atomic mass is 9.93. The summed E-state index contributed by atoms with van der Waals surface area (Å²) in [5.41, 5.74) is 10.2. The largest absolute Gasteiger partial charge is 0.466 e. The second-order valence-electron chi connectivity index (χ2n) is 4.73. The smallest absolute Gasteiger partial charge is 0.123 e. The highest BCUT2D eigenvalue weighted by Crippen LogP contribution is 2.31. The van der Waals surface area contributed by atoms with E-state index in [0.29, 0.717) is 0 Å². The molecule has 1 unspecified atom stereocenters. The fourth-order valence-corrected chi connectivity index (χ4v) is 2.41. The highest BCUT2D eigenvalue weighted by atomic mass is 19.1. The summed E-state index contributed by atoms with van der Waals surface area (Å²) in [5, 5.41) is 0. The maximum absolute atomic E-state index is 13.1. The minimum atomic E-state index is -0.275. The van der Waals surface area contributed by atoms with Crippen LogP contribution in [0.3, 0.4) is 0 Å². The van der Waals surface area contributed by atoms with Gasteiger partial charge < -0.3 is 10.2 Å². The van der Waals surface area contributed by atoms with Gasteiger partial charge in [-0.3, -0.25) is 0 Å². The molecule has 1 aromatic heterocycles. The highest BCUT2D eigenvalue weighted by Gasteiger charge is 2.20. The standard InChI is InChI=1S/C15H18FNO/c1-8-7-12(16)5-6-13(8)15(17)14-9(2)10(3)18-11(14)4/h5-7,15H,17H2,1-4H3. The van der Waals surface area contributed by atoms with Crippen LogP contribution in [0.25, 0.3) is 0 Å². The van der Waals surface area contributed by atoms with E-state index in [0.717, 1.165) is 33.8 Å². The van der Waals surface area contributed by atoms with Crippen LogP contribution >= 0.6 is 0 Å². The first-order valence-corrected chi connectivity index (χ1v) is 6.00. The highest BCUT2D eigenvalue weighted by molar-refractivity contribution is 5.42. The second-order valence-corrected chi connectivity index (χ2v) is 4.73. The number of aryl methyl sites for hydroxylation is 3. The zero-order valence-electron chi connectivity index (χ0n) is 11.2. The van der Waals surface area contributed by atoms with Gasteiger partial charge in [-0.25, -0.2) is 4.39 Å². The van der Waals surface area contributed by atoms with Crippen molar-refractivity contribution in [3.63, 3.8) is 0 Å². The molecule has 0 spiro atoms.